The van der Waals surface area contributed by atoms with Gasteiger partial charge in [-0.1, -0.05) is 32.0 Å². The molecule has 0 aliphatic rings. The van der Waals surface area contributed by atoms with Crippen LogP contribution >= 0.6 is 15.9 Å². The second-order valence-corrected chi connectivity index (χ2v) is 9.05. The third-order valence-corrected chi connectivity index (χ3v) is 5.34. The molecule has 0 fully saturated rings. The van der Waals surface area contributed by atoms with E-state index in [2.05, 4.69) is 34.5 Å². The van der Waals surface area contributed by atoms with Gasteiger partial charge in [0.05, 0.1) is 0 Å². The van der Waals surface area contributed by atoms with Crippen LogP contribution in [0.2, 0.25) is 0 Å². The monoisotopic (exact) mass is 510 g/mol. The van der Waals surface area contributed by atoms with Gasteiger partial charge in [-0.05, 0) is 84.3 Å². The van der Waals surface area contributed by atoms with Crippen molar-refractivity contribution in [3.63, 3.8) is 0 Å². The Kier molecular flexibility index (Phi) is 7.49. The summed E-state index contributed by atoms with van der Waals surface area (Å²) in [7, 11) is 0. The lowest BCUT2D eigenvalue weighted by Gasteiger charge is -2.26. The molecular formula is C25H23BrF4O2. The topological polar surface area (TPSA) is 18.5 Å². The number of aryl methyl sites for hydroxylation is 1. The fourth-order valence-electron chi connectivity index (χ4n) is 3.40. The summed E-state index contributed by atoms with van der Waals surface area (Å²) < 4.78 is 63.1. The largest absolute Gasteiger partial charge is 0.459 e. The van der Waals surface area contributed by atoms with Crippen LogP contribution < -0.4 is 9.47 Å². The molecule has 3 aromatic rings. The Bertz CT molecular complexity index is 1030. The number of rotatable bonds is 9. The number of hydrogen-bond donors (Lipinski definition) is 0. The van der Waals surface area contributed by atoms with E-state index in [-0.39, 0.29) is 16.9 Å². The summed E-state index contributed by atoms with van der Waals surface area (Å²) in [4.78, 5) is 0. The Balaban J connectivity index is 1.59. The molecule has 0 unspecified atom stereocenters. The maximum absolute atomic E-state index is 14.1. The van der Waals surface area contributed by atoms with Crippen molar-refractivity contribution in [2.75, 3.05) is 0 Å². The van der Waals surface area contributed by atoms with Gasteiger partial charge in [0.25, 0.3) is 0 Å². The van der Waals surface area contributed by atoms with Gasteiger partial charge in [0.1, 0.15) is 17.3 Å². The molecule has 0 radical (unpaired) electrons. The highest BCUT2D eigenvalue weighted by atomic mass is 79.9. The number of halogens is 5. The number of hydrogen-bond acceptors (Lipinski definition) is 2. The predicted octanol–water partition coefficient (Wildman–Crippen LogP) is 8.38. The molecule has 0 aromatic heterocycles. The van der Waals surface area contributed by atoms with Gasteiger partial charge in [0, 0.05) is 15.9 Å². The van der Waals surface area contributed by atoms with E-state index in [1.807, 2.05) is 0 Å². The molecule has 0 saturated heterocycles. The second kappa shape index (κ2) is 9.94. The minimum Gasteiger partial charge on any atom is -0.454 e. The van der Waals surface area contributed by atoms with Crippen LogP contribution in [0, 0.1) is 11.6 Å². The molecule has 0 spiro atoms. The molecule has 0 N–H and O–H groups in total. The number of ether oxygens (including phenoxy) is 2. The van der Waals surface area contributed by atoms with E-state index in [4.69, 9.17) is 4.74 Å². The van der Waals surface area contributed by atoms with Gasteiger partial charge in [-0.25, -0.2) is 8.78 Å². The first-order valence-corrected chi connectivity index (χ1v) is 10.9. The molecule has 170 valence electrons. The van der Waals surface area contributed by atoms with Gasteiger partial charge in [0.15, 0.2) is 11.6 Å². The molecule has 0 atom stereocenters. The summed E-state index contributed by atoms with van der Waals surface area (Å²) in [6, 6.07) is 16.7. The third kappa shape index (κ3) is 6.99. The molecule has 2 nitrogen and oxygen atoms in total. The standard InChI is InChI=1S/C25H23BrF4O2/c1-24(2,18-6-10-21(11-7-18)32-25(26,29)30)15-3-4-17-5-14-22(28)23(16-17)31-20-12-8-19(27)9-13-20/h5-14,16H,3-4,15H2,1-2H3. The molecule has 0 bridgehead atoms. The van der Waals surface area contributed by atoms with Crippen LogP contribution in [0.5, 0.6) is 17.2 Å². The minimum absolute atomic E-state index is 0.0754. The van der Waals surface area contributed by atoms with Crippen LogP contribution in [0.15, 0.2) is 66.7 Å². The first-order valence-electron chi connectivity index (χ1n) is 10.1. The summed E-state index contributed by atoms with van der Waals surface area (Å²) in [5, 5.41) is -3.40. The summed E-state index contributed by atoms with van der Waals surface area (Å²) in [6.07, 6.45) is 2.36. The Morgan fingerprint density at radius 1 is 0.844 bits per heavy atom. The van der Waals surface area contributed by atoms with Crippen LogP contribution in [0.25, 0.3) is 0 Å². The minimum atomic E-state index is -3.40. The first-order chi connectivity index (χ1) is 15.0. The molecule has 7 heteroatoms. The van der Waals surface area contributed by atoms with E-state index in [1.165, 1.54) is 42.5 Å². The van der Waals surface area contributed by atoms with Crippen molar-refractivity contribution in [1.29, 1.82) is 0 Å². The molecule has 3 aromatic carbocycles. The summed E-state index contributed by atoms with van der Waals surface area (Å²) >= 11 is 2.16. The Labute approximate surface area is 193 Å². The van der Waals surface area contributed by atoms with Crippen molar-refractivity contribution in [2.24, 2.45) is 0 Å². The molecule has 0 amide bonds. The smallest absolute Gasteiger partial charge is 0.454 e. The van der Waals surface area contributed by atoms with Crippen LogP contribution in [0.3, 0.4) is 0 Å². The lowest BCUT2D eigenvalue weighted by atomic mass is 9.80. The highest BCUT2D eigenvalue weighted by Gasteiger charge is 2.27. The molecular weight excluding hydrogens is 488 g/mol. The molecule has 0 aliphatic heterocycles. The van der Waals surface area contributed by atoms with Crippen molar-refractivity contribution in [3.8, 4) is 17.2 Å². The predicted molar refractivity (Wildman–Crippen MR) is 120 cm³/mol. The van der Waals surface area contributed by atoms with Gasteiger partial charge in [-0.3, -0.25) is 0 Å². The Morgan fingerprint density at radius 3 is 2.09 bits per heavy atom. The van der Waals surface area contributed by atoms with E-state index in [9.17, 15) is 17.6 Å². The Morgan fingerprint density at radius 2 is 1.47 bits per heavy atom. The zero-order valence-corrected chi connectivity index (χ0v) is 19.3. The summed E-state index contributed by atoms with van der Waals surface area (Å²) in [5.41, 5.74) is 1.73. The quantitative estimate of drug-likeness (QED) is 0.212. The van der Waals surface area contributed by atoms with Crippen LogP contribution in [-0.2, 0) is 11.8 Å². The first kappa shape index (κ1) is 24.1. The van der Waals surface area contributed by atoms with E-state index >= 15 is 0 Å². The highest BCUT2D eigenvalue weighted by Crippen LogP contribution is 2.33. The fourth-order valence-corrected chi connectivity index (χ4v) is 3.58. The van der Waals surface area contributed by atoms with Crippen molar-refractivity contribution in [1.82, 2.24) is 0 Å². The van der Waals surface area contributed by atoms with E-state index < -0.39 is 16.7 Å². The van der Waals surface area contributed by atoms with Crippen molar-refractivity contribution >= 4 is 15.9 Å². The van der Waals surface area contributed by atoms with Crippen molar-refractivity contribution in [3.05, 3.63) is 89.5 Å². The van der Waals surface area contributed by atoms with Gasteiger partial charge in [-0.15, -0.1) is 0 Å². The summed E-state index contributed by atoms with van der Waals surface area (Å²) in [6.45, 7) is 4.16. The SMILES string of the molecule is CC(C)(CCCc1ccc(F)c(Oc2ccc(F)cc2)c1)c1ccc(OC(F)(F)Br)cc1. The average molecular weight is 511 g/mol. The van der Waals surface area contributed by atoms with Gasteiger partial charge >= 0.3 is 5.02 Å². The van der Waals surface area contributed by atoms with Gasteiger partial charge < -0.3 is 9.47 Å². The zero-order chi connectivity index (χ0) is 23.4. The average Bonchev–Trinajstić information content (AvgIpc) is 2.71. The van der Waals surface area contributed by atoms with E-state index in [0.29, 0.717) is 12.2 Å². The maximum Gasteiger partial charge on any atom is 0.459 e. The van der Waals surface area contributed by atoms with E-state index in [0.717, 1.165) is 24.0 Å². The third-order valence-electron chi connectivity index (χ3n) is 5.17. The highest BCUT2D eigenvalue weighted by molar-refractivity contribution is 9.09. The number of benzene rings is 3. The number of alkyl halides is 3. The van der Waals surface area contributed by atoms with Gasteiger partial charge in [-0.2, -0.15) is 8.78 Å². The molecule has 0 aliphatic carbocycles. The maximum atomic E-state index is 14.1. The van der Waals surface area contributed by atoms with Crippen LogP contribution in [-0.4, -0.2) is 5.02 Å². The molecule has 0 heterocycles. The zero-order valence-electron chi connectivity index (χ0n) is 17.7. The van der Waals surface area contributed by atoms with E-state index in [1.54, 1.807) is 24.3 Å². The summed E-state index contributed by atoms with van der Waals surface area (Å²) in [5.74, 6) is -0.361. The van der Waals surface area contributed by atoms with Crippen LogP contribution in [0.1, 0.15) is 37.8 Å². The van der Waals surface area contributed by atoms with Gasteiger partial charge in [0.2, 0.25) is 0 Å². The molecule has 32 heavy (non-hydrogen) atoms. The van der Waals surface area contributed by atoms with Crippen LogP contribution in [0.4, 0.5) is 17.6 Å². The second-order valence-electron chi connectivity index (χ2n) is 8.13. The normalized spacial score (nSPS) is 12.0. The van der Waals surface area contributed by atoms with Crippen molar-refractivity contribution < 1.29 is 27.0 Å². The molecule has 0 saturated carbocycles. The lowest BCUT2D eigenvalue weighted by Crippen LogP contribution is -2.18. The fraction of sp³-hybridized carbons (Fsp3) is 0.280. The molecule has 3 rings (SSSR count). The lowest BCUT2D eigenvalue weighted by molar-refractivity contribution is -0.0803. The van der Waals surface area contributed by atoms with Crippen molar-refractivity contribution in [2.45, 2.75) is 43.5 Å². The Hall–Kier alpha value is -2.54.